The predicted molar refractivity (Wildman–Crippen MR) is 67.1 cm³/mol. The zero-order valence-corrected chi connectivity index (χ0v) is 11.4. The van der Waals surface area contributed by atoms with Crippen LogP contribution in [-0.2, 0) is 6.54 Å². The van der Waals surface area contributed by atoms with Gasteiger partial charge in [0.05, 0.1) is 6.54 Å². The molecule has 2 aliphatic rings. The van der Waals surface area contributed by atoms with E-state index in [2.05, 4.69) is 5.10 Å². The molecular weight excluding hydrogens is 287 g/mol. The van der Waals surface area contributed by atoms with Gasteiger partial charge < -0.3 is 9.64 Å². The van der Waals surface area contributed by atoms with Gasteiger partial charge in [-0.3, -0.25) is 4.79 Å². The van der Waals surface area contributed by atoms with Gasteiger partial charge in [-0.05, 0) is 12.8 Å². The highest BCUT2D eigenvalue weighted by atomic mass is 19.4. The first-order chi connectivity index (χ1) is 9.94. The number of ether oxygens (including phenoxy) is 1. The van der Waals surface area contributed by atoms with Crippen molar-refractivity contribution in [1.29, 1.82) is 0 Å². The molecule has 1 aromatic rings. The third-order valence-corrected chi connectivity index (χ3v) is 3.89. The third-order valence-electron chi connectivity index (χ3n) is 3.89. The van der Waals surface area contributed by atoms with Gasteiger partial charge in [-0.15, -0.1) is 0 Å². The van der Waals surface area contributed by atoms with Gasteiger partial charge in [0, 0.05) is 12.1 Å². The van der Waals surface area contributed by atoms with Crippen molar-refractivity contribution in [3.63, 3.8) is 0 Å². The molecule has 5 nitrogen and oxygen atoms in total. The molecular formula is C13H16F3N3O2. The SMILES string of the molecule is O=C(c1cc2n(n1)CCO2)N(CC(F)(F)F)C1CCCC1. The van der Waals surface area contributed by atoms with Crippen molar-refractivity contribution in [1.82, 2.24) is 14.7 Å². The number of amides is 1. The predicted octanol–water partition coefficient (Wildman–Crippen LogP) is 2.22. The molecule has 0 spiro atoms. The van der Waals surface area contributed by atoms with E-state index in [4.69, 9.17) is 4.74 Å². The molecule has 0 bridgehead atoms. The average molecular weight is 303 g/mol. The van der Waals surface area contributed by atoms with Gasteiger partial charge in [0.2, 0.25) is 5.88 Å². The second-order valence-electron chi connectivity index (χ2n) is 5.43. The molecule has 0 aromatic carbocycles. The van der Waals surface area contributed by atoms with Gasteiger partial charge >= 0.3 is 6.18 Å². The minimum Gasteiger partial charge on any atom is -0.476 e. The Kier molecular flexibility index (Phi) is 3.54. The van der Waals surface area contributed by atoms with Gasteiger partial charge in [0.1, 0.15) is 13.2 Å². The summed E-state index contributed by atoms with van der Waals surface area (Å²) < 4.78 is 45.0. The molecule has 0 radical (unpaired) electrons. The summed E-state index contributed by atoms with van der Waals surface area (Å²) in [4.78, 5) is 13.3. The van der Waals surface area contributed by atoms with E-state index in [9.17, 15) is 18.0 Å². The van der Waals surface area contributed by atoms with Crippen LogP contribution in [0.1, 0.15) is 36.2 Å². The van der Waals surface area contributed by atoms with Crippen molar-refractivity contribution >= 4 is 5.91 Å². The molecule has 0 N–H and O–H groups in total. The zero-order valence-electron chi connectivity index (χ0n) is 11.4. The Bertz CT molecular complexity index is 514. The van der Waals surface area contributed by atoms with Crippen LogP contribution in [0.3, 0.4) is 0 Å². The second-order valence-corrected chi connectivity index (χ2v) is 5.43. The molecule has 1 saturated carbocycles. The van der Waals surface area contributed by atoms with Crippen LogP contribution in [0.2, 0.25) is 0 Å². The fraction of sp³-hybridized carbons (Fsp3) is 0.692. The summed E-state index contributed by atoms with van der Waals surface area (Å²) in [5, 5.41) is 4.05. The molecule has 21 heavy (non-hydrogen) atoms. The molecule has 1 fully saturated rings. The Morgan fingerprint density at radius 1 is 1.43 bits per heavy atom. The molecule has 0 saturated heterocycles. The average Bonchev–Trinajstić information content (AvgIpc) is 3.09. The number of hydrogen-bond acceptors (Lipinski definition) is 3. The van der Waals surface area contributed by atoms with E-state index in [1.807, 2.05) is 0 Å². The zero-order chi connectivity index (χ0) is 15.0. The van der Waals surface area contributed by atoms with Gasteiger partial charge in [-0.1, -0.05) is 12.8 Å². The van der Waals surface area contributed by atoms with Crippen molar-refractivity contribution in [2.45, 2.75) is 44.4 Å². The van der Waals surface area contributed by atoms with Crippen molar-refractivity contribution in [3.8, 4) is 5.88 Å². The smallest absolute Gasteiger partial charge is 0.406 e. The second kappa shape index (κ2) is 5.23. The molecule has 1 aromatic heterocycles. The minimum absolute atomic E-state index is 0.0286. The Balaban J connectivity index is 1.82. The summed E-state index contributed by atoms with van der Waals surface area (Å²) >= 11 is 0. The summed E-state index contributed by atoms with van der Waals surface area (Å²) in [6.07, 6.45) is -1.46. The molecule has 2 heterocycles. The van der Waals surface area contributed by atoms with E-state index in [0.29, 0.717) is 31.9 Å². The van der Waals surface area contributed by atoms with Gasteiger partial charge in [0.15, 0.2) is 5.69 Å². The summed E-state index contributed by atoms with van der Waals surface area (Å²) in [7, 11) is 0. The molecule has 0 unspecified atom stereocenters. The number of fused-ring (bicyclic) bond motifs is 1. The Morgan fingerprint density at radius 3 is 2.76 bits per heavy atom. The van der Waals surface area contributed by atoms with Crippen LogP contribution in [-0.4, -0.2) is 46.0 Å². The Hall–Kier alpha value is -1.73. The van der Waals surface area contributed by atoms with Crippen LogP contribution in [0, 0.1) is 0 Å². The number of alkyl halides is 3. The molecule has 116 valence electrons. The number of aromatic nitrogens is 2. The first kappa shape index (κ1) is 14.2. The van der Waals surface area contributed by atoms with Crippen molar-refractivity contribution in [2.24, 2.45) is 0 Å². The lowest BCUT2D eigenvalue weighted by Gasteiger charge is -2.29. The maximum absolute atomic E-state index is 12.8. The summed E-state index contributed by atoms with van der Waals surface area (Å²) in [6, 6.07) is 1.07. The quantitative estimate of drug-likeness (QED) is 0.860. The van der Waals surface area contributed by atoms with Crippen molar-refractivity contribution in [3.05, 3.63) is 11.8 Å². The summed E-state index contributed by atoms with van der Waals surface area (Å²) in [5.74, 6) is -0.221. The normalized spacial score (nSPS) is 18.6. The van der Waals surface area contributed by atoms with Gasteiger partial charge in [-0.25, -0.2) is 4.68 Å². The van der Waals surface area contributed by atoms with Gasteiger partial charge in [0.25, 0.3) is 5.91 Å². The van der Waals surface area contributed by atoms with Crippen molar-refractivity contribution in [2.75, 3.05) is 13.2 Å². The number of nitrogens with zero attached hydrogens (tertiary/aromatic N) is 3. The van der Waals surface area contributed by atoms with E-state index < -0.39 is 18.6 Å². The maximum atomic E-state index is 12.8. The fourth-order valence-corrected chi connectivity index (χ4v) is 2.94. The van der Waals surface area contributed by atoms with Crippen LogP contribution in [0.5, 0.6) is 5.88 Å². The molecule has 8 heteroatoms. The van der Waals surface area contributed by atoms with Crippen LogP contribution < -0.4 is 4.74 Å². The Morgan fingerprint density at radius 2 is 2.14 bits per heavy atom. The highest BCUT2D eigenvalue weighted by Gasteiger charge is 2.38. The minimum atomic E-state index is -4.41. The summed E-state index contributed by atoms with van der Waals surface area (Å²) in [6.45, 7) is -0.226. The van der Waals surface area contributed by atoms with Crippen LogP contribution in [0.15, 0.2) is 6.07 Å². The largest absolute Gasteiger partial charge is 0.476 e. The first-order valence-electron chi connectivity index (χ1n) is 7.02. The molecule has 0 atom stereocenters. The van der Waals surface area contributed by atoms with Gasteiger partial charge in [-0.2, -0.15) is 18.3 Å². The lowest BCUT2D eigenvalue weighted by atomic mass is 10.2. The highest BCUT2D eigenvalue weighted by Crippen LogP contribution is 2.29. The van der Waals surface area contributed by atoms with E-state index in [0.717, 1.165) is 17.7 Å². The fourth-order valence-electron chi connectivity index (χ4n) is 2.94. The van der Waals surface area contributed by atoms with E-state index in [1.165, 1.54) is 10.7 Å². The summed E-state index contributed by atoms with van der Waals surface area (Å²) in [5.41, 5.74) is 0.0286. The van der Waals surface area contributed by atoms with Crippen LogP contribution >= 0.6 is 0 Å². The first-order valence-corrected chi connectivity index (χ1v) is 7.02. The number of hydrogen-bond donors (Lipinski definition) is 0. The number of carbonyl (C=O) groups is 1. The molecule has 1 aliphatic heterocycles. The molecule has 1 aliphatic carbocycles. The maximum Gasteiger partial charge on any atom is 0.406 e. The number of carbonyl (C=O) groups excluding carboxylic acids is 1. The monoisotopic (exact) mass is 303 g/mol. The van der Waals surface area contributed by atoms with E-state index >= 15 is 0 Å². The highest BCUT2D eigenvalue weighted by molar-refractivity contribution is 5.93. The molecule has 1 amide bonds. The van der Waals surface area contributed by atoms with Crippen LogP contribution in [0.4, 0.5) is 13.2 Å². The number of halogens is 3. The topological polar surface area (TPSA) is 47.4 Å². The van der Waals surface area contributed by atoms with E-state index in [1.54, 1.807) is 0 Å². The van der Waals surface area contributed by atoms with Crippen molar-refractivity contribution < 1.29 is 22.7 Å². The lowest BCUT2D eigenvalue weighted by Crippen LogP contribution is -2.44. The third kappa shape index (κ3) is 2.98. The van der Waals surface area contributed by atoms with E-state index in [-0.39, 0.29) is 11.7 Å². The van der Waals surface area contributed by atoms with Crippen LogP contribution in [0.25, 0.3) is 0 Å². The number of rotatable bonds is 3. The standard InChI is InChI=1S/C13H16F3N3O2/c14-13(15,16)8-18(9-3-1-2-4-9)12(20)10-7-11-19(17-10)5-6-21-11/h7,9H,1-6,8H2. The molecule has 3 rings (SSSR count). The Labute approximate surface area is 119 Å². The lowest BCUT2D eigenvalue weighted by molar-refractivity contribution is -0.144.